The van der Waals surface area contributed by atoms with Crippen molar-refractivity contribution >= 4 is 71.3 Å². The number of rotatable bonds is 6. The van der Waals surface area contributed by atoms with Gasteiger partial charge < -0.3 is 9.32 Å². The quantitative estimate of drug-likeness (QED) is 0.160. The Hall–Kier alpha value is -7.42. The molecule has 0 saturated carbocycles. The second-order valence-corrected chi connectivity index (χ2v) is 14.4. The number of hydrogen-bond donors (Lipinski definition) is 0. The van der Waals surface area contributed by atoms with Crippen LogP contribution in [-0.2, 0) is 0 Å². The molecule has 0 aliphatic heterocycles. The zero-order valence-corrected chi connectivity index (χ0v) is 30.6. The molecule has 10 aromatic carbocycles. The van der Waals surface area contributed by atoms with Crippen LogP contribution in [0.25, 0.3) is 87.6 Å². The second kappa shape index (κ2) is 13.2. The first-order chi connectivity index (χ1) is 27.8. The van der Waals surface area contributed by atoms with Crippen LogP contribution in [0, 0.1) is 0 Å². The number of hydrogen-bond acceptors (Lipinski definition) is 2. The van der Waals surface area contributed by atoms with Crippen LogP contribution in [0.2, 0.25) is 0 Å². The van der Waals surface area contributed by atoms with E-state index in [9.17, 15) is 0 Å². The maximum Gasteiger partial charge on any atom is 0.136 e. The van der Waals surface area contributed by atoms with E-state index in [2.05, 4.69) is 217 Å². The summed E-state index contributed by atoms with van der Waals surface area (Å²) in [5.74, 6) is 0. The second-order valence-electron chi connectivity index (χ2n) is 14.4. The van der Waals surface area contributed by atoms with Gasteiger partial charge in [0.25, 0.3) is 0 Å². The molecule has 0 aliphatic rings. The van der Waals surface area contributed by atoms with E-state index in [1.54, 1.807) is 0 Å². The number of furan rings is 1. The first-order valence-corrected chi connectivity index (χ1v) is 19.2. The topological polar surface area (TPSA) is 16.4 Å². The minimum atomic E-state index is 0.881. The molecule has 1 aromatic heterocycles. The Balaban J connectivity index is 1.12. The van der Waals surface area contributed by atoms with E-state index < -0.39 is 0 Å². The van der Waals surface area contributed by atoms with E-state index in [1.807, 2.05) is 0 Å². The fourth-order valence-electron chi connectivity index (χ4n) is 8.65. The minimum absolute atomic E-state index is 0.881. The van der Waals surface area contributed by atoms with Gasteiger partial charge in [-0.15, -0.1) is 0 Å². The largest absolute Gasteiger partial charge is 0.456 e. The standard InChI is InChI=1S/C54H35NO/c1-2-14-36(15-3-1)44-20-8-10-25-50(44)55(41-31-28-38(29-32-41)43-22-12-23-45-42-19-7-6-16-37(42)30-33-46(43)45)51-26-11-9-21-47(51)48-24-13-27-52-54(48)49-34-39-17-4-5-18-40(39)35-53(49)56-52/h1-35H. The average molecular weight is 714 g/mol. The molecule has 0 N–H and O–H groups in total. The van der Waals surface area contributed by atoms with Gasteiger partial charge in [-0.25, -0.2) is 0 Å². The SMILES string of the molecule is c1ccc(-c2ccccc2N(c2ccc(-c3cccc4c3ccc3ccccc34)cc2)c2ccccc2-c2cccc3oc4cc5ccccc5cc4c23)cc1. The molecule has 56 heavy (non-hydrogen) atoms. The van der Waals surface area contributed by atoms with Crippen molar-refractivity contribution in [2.75, 3.05) is 4.90 Å². The number of para-hydroxylation sites is 2. The summed E-state index contributed by atoms with van der Waals surface area (Å²) in [4.78, 5) is 2.43. The smallest absolute Gasteiger partial charge is 0.136 e. The zero-order chi connectivity index (χ0) is 37.0. The summed E-state index contributed by atoms with van der Waals surface area (Å²) in [5.41, 5.74) is 12.0. The predicted molar refractivity (Wildman–Crippen MR) is 237 cm³/mol. The van der Waals surface area contributed by atoms with Crippen LogP contribution in [0.5, 0.6) is 0 Å². The molecule has 0 saturated heterocycles. The first kappa shape index (κ1) is 32.0. The first-order valence-electron chi connectivity index (χ1n) is 19.2. The van der Waals surface area contributed by atoms with Gasteiger partial charge in [-0.2, -0.15) is 0 Å². The van der Waals surface area contributed by atoms with Crippen LogP contribution in [-0.4, -0.2) is 0 Å². The molecule has 1 heterocycles. The lowest BCUT2D eigenvalue weighted by Gasteiger charge is -2.30. The van der Waals surface area contributed by atoms with Gasteiger partial charge in [0, 0.05) is 27.6 Å². The Labute approximate surface area is 325 Å². The Morgan fingerprint density at radius 1 is 0.304 bits per heavy atom. The molecule has 0 radical (unpaired) electrons. The Morgan fingerprint density at radius 2 is 0.893 bits per heavy atom. The van der Waals surface area contributed by atoms with E-state index in [0.717, 1.165) is 55.7 Å². The molecule has 11 aromatic rings. The highest BCUT2D eigenvalue weighted by Crippen LogP contribution is 2.47. The van der Waals surface area contributed by atoms with Crippen molar-refractivity contribution < 1.29 is 4.42 Å². The third kappa shape index (κ3) is 5.26. The van der Waals surface area contributed by atoms with Crippen molar-refractivity contribution in [3.63, 3.8) is 0 Å². The van der Waals surface area contributed by atoms with Crippen molar-refractivity contribution in [2.45, 2.75) is 0 Å². The molecular formula is C54H35NO. The van der Waals surface area contributed by atoms with Gasteiger partial charge in [0.2, 0.25) is 0 Å². The summed E-state index contributed by atoms with van der Waals surface area (Å²) in [6.07, 6.45) is 0. The summed E-state index contributed by atoms with van der Waals surface area (Å²) in [7, 11) is 0. The summed E-state index contributed by atoms with van der Waals surface area (Å²) in [6.45, 7) is 0. The van der Waals surface area contributed by atoms with E-state index in [1.165, 1.54) is 49.0 Å². The summed E-state index contributed by atoms with van der Waals surface area (Å²) in [6, 6.07) is 76.5. The van der Waals surface area contributed by atoms with Crippen molar-refractivity contribution in [3.8, 4) is 33.4 Å². The Morgan fingerprint density at radius 3 is 1.71 bits per heavy atom. The van der Waals surface area contributed by atoms with Gasteiger partial charge >= 0.3 is 0 Å². The van der Waals surface area contributed by atoms with Gasteiger partial charge in [-0.1, -0.05) is 170 Å². The van der Waals surface area contributed by atoms with E-state index in [4.69, 9.17) is 4.42 Å². The molecule has 0 aliphatic carbocycles. The van der Waals surface area contributed by atoms with Crippen LogP contribution in [0.15, 0.2) is 217 Å². The minimum Gasteiger partial charge on any atom is -0.456 e. The van der Waals surface area contributed by atoms with Gasteiger partial charge in [0.15, 0.2) is 0 Å². The summed E-state index contributed by atoms with van der Waals surface area (Å²) < 4.78 is 6.57. The maximum atomic E-state index is 6.57. The van der Waals surface area contributed by atoms with Gasteiger partial charge in [0.05, 0.1) is 11.4 Å². The fraction of sp³-hybridized carbons (Fsp3) is 0. The van der Waals surface area contributed by atoms with Crippen molar-refractivity contribution in [3.05, 3.63) is 212 Å². The molecule has 0 atom stereocenters. The van der Waals surface area contributed by atoms with Crippen LogP contribution < -0.4 is 4.90 Å². The fourth-order valence-corrected chi connectivity index (χ4v) is 8.65. The molecule has 2 heteroatoms. The number of fused-ring (bicyclic) bond motifs is 7. The van der Waals surface area contributed by atoms with Crippen LogP contribution >= 0.6 is 0 Å². The van der Waals surface area contributed by atoms with E-state index >= 15 is 0 Å². The highest BCUT2D eigenvalue weighted by molar-refractivity contribution is 6.17. The third-order valence-corrected chi connectivity index (χ3v) is 11.3. The monoisotopic (exact) mass is 713 g/mol. The van der Waals surface area contributed by atoms with Gasteiger partial charge in [0.1, 0.15) is 11.2 Å². The van der Waals surface area contributed by atoms with Crippen LogP contribution in [0.1, 0.15) is 0 Å². The number of nitrogens with zero attached hydrogens (tertiary/aromatic N) is 1. The molecule has 2 nitrogen and oxygen atoms in total. The number of anilines is 3. The van der Waals surface area contributed by atoms with Crippen LogP contribution in [0.3, 0.4) is 0 Å². The Kier molecular flexibility index (Phi) is 7.53. The van der Waals surface area contributed by atoms with E-state index in [-0.39, 0.29) is 0 Å². The van der Waals surface area contributed by atoms with Crippen molar-refractivity contribution in [1.29, 1.82) is 0 Å². The molecule has 262 valence electrons. The van der Waals surface area contributed by atoms with Gasteiger partial charge in [-0.3, -0.25) is 0 Å². The maximum absolute atomic E-state index is 6.57. The van der Waals surface area contributed by atoms with Gasteiger partial charge in [-0.05, 0) is 97.0 Å². The van der Waals surface area contributed by atoms with E-state index in [0.29, 0.717) is 0 Å². The molecule has 0 spiro atoms. The van der Waals surface area contributed by atoms with Crippen molar-refractivity contribution in [2.24, 2.45) is 0 Å². The Bertz CT molecular complexity index is 3250. The molecular weight excluding hydrogens is 679 g/mol. The molecule has 0 amide bonds. The van der Waals surface area contributed by atoms with Crippen molar-refractivity contribution in [1.82, 2.24) is 0 Å². The lowest BCUT2D eigenvalue weighted by molar-refractivity contribution is 0.669. The average Bonchev–Trinajstić information content (AvgIpc) is 3.64. The lowest BCUT2D eigenvalue weighted by atomic mass is 9.94. The normalized spacial score (nSPS) is 11.6. The highest BCUT2D eigenvalue weighted by atomic mass is 16.3. The summed E-state index contributed by atoms with van der Waals surface area (Å²) >= 11 is 0. The predicted octanol–water partition coefficient (Wildman–Crippen LogP) is 15.5. The molecule has 0 unspecified atom stereocenters. The molecule has 11 rings (SSSR count). The molecule has 0 fully saturated rings. The zero-order valence-electron chi connectivity index (χ0n) is 30.6. The van der Waals surface area contributed by atoms with Crippen LogP contribution in [0.4, 0.5) is 17.1 Å². The highest BCUT2D eigenvalue weighted by Gasteiger charge is 2.23. The summed E-state index contributed by atoms with van der Waals surface area (Å²) in [5, 5.41) is 9.66. The third-order valence-electron chi connectivity index (χ3n) is 11.3. The lowest BCUT2D eigenvalue weighted by Crippen LogP contribution is -2.12. The molecule has 0 bridgehead atoms. The number of benzene rings is 10.